The van der Waals surface area contributed by atoms with Crippen LogP contribution < -0.4 is 0 Å². The highest BCUT2D eigenvalue weighted by atomic mass is 19.1. The molecule has 0 unspecified atom stereocenters. The Bertz CT molecular complexity index is 402. The first-order valence-corrected chi connectivity index (χ1v) is 5.49. The van der Waals surface area contributed by atoms with E-state index in [1.54, 1.807) is 6.21 Å². The Kier molecular flexibility index (Phi) is 8.21. The first-order valence-electron chi connectivity index (χ1n) is 5.49. The van der Waals surface area contributed by atoms with Crippen LogP contribution in [0.15, 0.2) is 72.2 Å². The van der Waals surface area contributed by atoms with Crippen LogP contribution >= 0.6 is 0 Å². The molecule has 0 aromatic heterocycles. The Labute approximate surface area is 103 Å². The zero-order valence-corrected chi connectivity index (χ0v) is 10.4. The fourth-order valence-corrected chi connectivity index (χ4v) is 0.926. The Morgan fingerprint density at radius 2 is 1.71 bits per heavy atom. The summed E-state index contributed by atoms with van der Waals surface area (Å²) in [5, 5.41) is 0. The molecule has 0 fully saturated rings. The van der Waals surface area contributed by atoms with Crippen molar-refractivity contribution in [1.29, 1.82) is 0 Å². The quantitative estimate of drug-likeness (QED) is 0.527. The molecule has 1 rings (SSSR count). The minimum atomic E-state index is -0.508. The Morgan fingerprint density at radius 3 is 2.24 bits per heavy atom. The average Bonchev–Trinajstić information content (AvgIpc) is 2.37. The maximum Gasteiger partial charge on any atom is 0.116 e. The van der Waals surface area contributed by atoms with Gasteiger partial charge in [-0.1, -0.05) is 57.3 Å². The predicted octanol–water partition coefficient (Wildman–Crippen LogP) is 4.68. The molecule has 0 saturated carbocycles. The third kappa shape index (κ3) is 7.91. The summed E-state index contributed by atoms with van der Waals surface area (Å²) in [5.41, 5.74) is 1.46. The summed E-state index contributed by atoms with van der Waals surface area (Å²) in [7, 11) is 0. The molecule has 1 aromatic rings. The molecule has 90 valence electrons. The summed E-state index contributed by atoms with van der Waals surface area (Å²) in [5.74, 6) is -0.508. The van der Waals surface area contributed by atoms with Crippen molar-refractivity contribution in [2.24, 2.45) is 4.99 Å². The molecular weight excluding hydrogens is 213 g/mol. The summed E-state index contributed by atoms with van der Waals surface area (Å²) >= 11 is 0. The number of hydrogen-bond acceptors (Lipinski definition) is 1. The highest BCUT2D eigenvalue weighted by Gasteiger charge is 1.85. The van der Waals surface area contributed by atoms with Crippen molar-refractivity contribution in [3.05, 3.63) is 72.7 Å². The van der Waals surface area contributed by atoms with Crippen LogP contribution in [0.2, 0.25) is 0 Å². The smallest absolute Gasteiger partial charge is 0.116 e. The minimum Gasteiger partial charge on any atom is -0.257 e. The number of benzene rings is 1. The highest BCUT2D eigenvalue weighted by molar-refractivity contribution is 5.80. The molecule has 0 N–H and O–H groups in total. The lowest BCUT2D eigenvalue weighted by atomic mass is 10.2. The van der Waals surface area contributed by atoms with E-state index in [0.29, 0.717) is 5.70 Å². The zero-order valence-electron chi connectivity index (χ0n) is 10.4. The van der Waals surface area contributed by atoms with Gasteiger partial charge in [-0.25, -0.2) is 4.39 Å². The predicted molar refractivity (Wildman–Crippen MR) is 73.9 cm³/mol. The normalized spacial score (nSPS) is 10.1. The molecule has 0 atom stereocenters. The van der Waals surface area contributed by atoms with E-state index in [2.05, 4.69) is 18.2 Å². The largest absolute Gasteiger partial charge is 0.257 e. The van der Waals surface area contributed by atoms with E-state index >= 15 is 0 Å². The molecule has 0 aliphatic heterocycles. The summed E-state index contributed by atoms with van der Waals surface area (Å²) in [4.78, 5) is 4.05. The number of halogens is 1. The van der Waals surface area contributed by atoms with Crippen molar-refractivity contribution in [2.45, 2.75) is 13.8 Å². The molecule has 17 heavy (non-hydrogen) atoms. The molecule has 0 bridgehead atoms. The van der Waals surface area contributed by atoms with Gasteiger partial charge in [0.25, 0.3) is 0 Å². The zero-order chi connectivity index (χ0) is 13.1. The molecule has 0 aliphatic rings. The van der Waals surface area contributed by atoms with E-state index in [9.17, 15) is 4.39 Å². The van der Waals surface area contributed by atoms with Gasteiger partial charge in [-0.2, -0.15) is 0 Å². The van der Waals surface area contributed by atoms with Gasteiger partial charge >= 0.3 is 0 Å². The maximum atomic E-state index is 12.3. The van der Waals surface area contributed by atoms with E-state index in [1.807, 2.05) is 44.2 Å². The SMILES string of the molecule is C=C(F)/C=C\C(=C)N=Cc1ccccc1.CC. The van der Waals surface area contributed by atoms with Gasteiger partial charge < -0.3 is 0 Å². The van der Waals surface area contributed by atoms with Gasteiger partial charge in [-0.15, -0.1) is 0 Å². The molecule has 0 heterocycles. The first-order chi connectivity index (χ1) is 8.18. The van der Waals surface area contributed by atoms with E-state index in [0.717, 1.165) is 5.56 Å². The third-order valence-electron chi connectivity index (χ3n) is 1.64. The van der Waals surface area contributed by atoms with Gasteiger partial charge in [0.15, 0.2) is 0 Å². The van der Waals surface area contributed by atoms with Crippen LogP contribution in [0.3, 0.4) is 0 Å². The summed E-state index contributed by atoms with van der Waals surface area (Å²) in [6.45, 7) is 10.7. The van der Waals surface area contributed by atoms with Crippen LogP contribution in [0.5, 0.6) is 0 Å². The maximum absolute atomic E-state index is 12.3. The third-order valence-corrected chi connectivity index (χ3v) is 1.64. The number of rotatable bonds is 4. The Balaban J connectivity index is 0.00000121. The van der Waals surface area contributed by atoms with Gasteiger partial charge in [-0.05, 0) is 17.7 Å². The summed E-state index contributed by atoms with van der Waals surface area (Å²) in [6, 6.07) is 9.62. The molecule has 0 amide bonds. The molecule has 2 heteroatoms. The van der Waals surface area contributed by atoms with Gasteiger partial charge in [0.05, 0.1) is 5.70 Å². The molecule has 0 saturated heterocycles. The van der Waals surface area contributed by atoms with Crippen molar-refractivity contribution in [3.8, 4) is 0 Å². The fraction of sp³-hybridized carbons (Fsp3) is 0.133. The number of nitrogens with zero attached hydrogens (tertiary/aromatic N) is 1. The summed E-state index contributed by atoms with van der Waals surface area (Å²) < 4.78 is 12.3. The van der Waals surface area contributed by atoms with E-state index in [-0.39, 0.29) is 0 Å². The second-order valence-corrected chi connectivity index (χ2v) is 2.94. The van der Waals surface area contributed by atoms with Crippen molar-refractivity contribution in [2.75, 3.05) is 0 Å². The van der Waals surface area contributed by atoms with Gasteiger partial charge in [0.2, 0.25) is 0 Å². The van der Waals surface area contributed by atoms with Crippen molar-refractivity contribution < 1.29 is 4.39 Å². The van der Waals surface area contributed by atoms with Crippen LogP contribution in [-0.2, 0) is 0 Å². The molecule has 0 aliphatic carbocycles. The summed E-state index contributed by atoms with van der Waals surface area (Å²) in [6.07, 6.45) is 4.38. The average molecular weight is 231 g/mol. The van der Waals surface area contributed by atoms with Gasteiger partial charge in [0.1, 0.15) is 5.83 Å². The van der Waals surface area contributed by atoms with Gasteiger partial charge in [-0.3, -0.25) is 4.99 Å². The molecule has 1 nitrogen and oxygen atoms in total. The topological polar surface area (TPSA) is 12.4 Å². The Hall–Kier alpha value is -1.96. The van der Waals surface area contributed by atoms with Crippen molar-refractivity contribution >= 4 is 6.21 Å². The van der Waals surface area contributed by atoms with E-state index in [1.165, 1.54) is 12.2 Å². The number of allylic oxidation sites excluding steroid dienone is 3. The lowest BCUT2D eigenvalue weighted by Gasteiger charge is -1.91. The van der Waals surface area contributed by atoms with Crippen molar-refractivity contribution in [1.82, 2.24) is 0 Å². The van der Waals surface area contributed by atoms with Crippen LogP contribution in [-0.4, -0.2) is 6.21 Å². The second-order valence-electron chi connectivity index (χ2n) is 2.94. The van der Waals surface area contributed by atoms with Crippen LogP contribution in [0.1, 0.15) is 19.4 Å². The lowest BCUT2D eigenvalue weighted by molar-refractivity contribution is 0.671. The number of aliphatic imine (C=N–C) groups is 1. The standard InChI is InChI=1S/C13H12FN.C2H6/c1-11(14)8-9-12(2)15-10-13-6-4-3-5-7-13;1-2/h3-10H,1-2H2;1-2H3/b9-8-,15-10?;. The van der Waals surface area contributed by atoms with Crippen molar-refractivity contribution in [3.63, 3.8) is 0 Å². The monoisotopic (exact) mass is 231 g/mol. The minimum absolute atomic E-state index is 0.484. The lowest BCUT2D eigenvalue weighted by Crippen LogP contribution is -1.79. The van der Waals surface area contributed by atoms with Crippen LogP contribution in [0, 0.1) is 0 Å². The second kappa shape index (κ2) is 9.28. The van der Waals surface area contributed by atoms with Crippen LogP contribution in [0.4, 0.5) is 4.39 Å². The van der Waals surface area contributed by atoms with E-state index < -0.39 is 5.83 Å². The molecule has 1 aromatic carbocycles. The molecule has 0 radical (unpaired) electrons. The van der Waals surface area contributed by atoms with Gasteiger partial charge in [0, 0.05) is 6.21 Å². The fourth-order valence-electron chi connectivity index (χ4n) is 0.926. The highest BCUT2D eigenvalue weighted by Crippen LogP contribution is 2.01. The molecule has 0 spiro atoms. The van der Waals surface area contributed by atoms with E-state index in [4.69, 9.17) is 0 Å². The van der Waals surface area contributed by atoms with Crippen LogP contribution in [0.25, 0.3) is 0 Å². The first kappa shape index (κ1) is 15.0. The molecular formula is C15H18FN. The number of hydrogen-bond donors (Lipinski definition) is 0. The Morgan fingerprint density at radius 1 is 1.12 bits per heavy atom.